The molecule has 0 fully saturated rings. The number of hydrogen-bond donors (Lipinski definition) is 2. The molecule has 2 N–H and O–H groups in total. The Morgan fingerprint density at radius 2 is 2.28 bits per heavy atom. The summed E-state index contributed by atoms with van der Waals surface area (Å²) in [4.78, 5) is 22.8. The summed E-state index contributed by atoms with van der Waals surface area (Å²) in [6.07, 6.45) is 3.90. The Hall–Kier alpha value is -1.37. The molecule has 0 saturated heterocycles. The number of nitrogens with one attached hydrogen (secondary N) is 1. The zero-order chi connectivity index (χ0) is 13.7. The highest BCUT2D eigenvalue weighted by Crippen LogP contribution is 2.09. The molecule has 1 aromatic heterocycles. The van der Waals surface area contributed by atoms with Crippen molar-refractivity contribution in [2.75, 3.05) is 0 Å². The van der Waals surface area contributed by atoms with E-state index in [-0.39, 0.29) is 18.4 Å². The number of nitrogens with zero attached hydrogens (tertiary/aromatic N) is 2. The summed E-state index contributed by atoms with van der Waals surface area (Å²) in [6, 6.07) is -0.860. The summed E-state index contributed by atoms with van der Waals surface area (Å²) >= 11 is 3.22. The number of carboxylic acid groups (broad SMARTS) is 1. The standard InChI is InChI=1S/C11H16BrN3O3/c1-3-7(2)10(11(17)18)14-9(16)6-15-5-8(12)4-13-15/h4-5,7,10H,3,6H2,1-2H3,(H,14,16)(H,17,18)/t7-,10-/m0/s1. The first-order valence-corrected chi connectivity index (χ1v) is 6.43. The van der Waals surface area contributed by atoms with E-state index in [0.717, 1.165) is 4.47 Å². The van der Waals surface area contributed by atoms with Crippen molar-refractivity contribution < 1.29 is 14.7 Å². The fourth-order valence-electron chi connectivity index (χ4n) is 1.47. The van der Waals surface area contributed by atoms with Crippen molar-refractivity contribution in [3.8, 4) is 0 Å². The molecular formula is C11H16BrN3O3. The molecule has 7 heteroatoms. The SMILES string of the molecule is CC[C@H](C)[C@H](NC(=O)Cn1cc(Br)cn1)C(=O)O. The molecule has 1 rings (SSSR count). The van der Waals surface area contributed by atoms with Crippen molar-refractivity contribution in [1.29, 1.82) is 0 Å². The van der Waals surface area contributed by atoms with Crippen LogP contribution < -0.4 is 5.32 Å². The minimum absolute atomic E-state index is 0.00577. The van der Waals surface area contributed by atoms with Crippen LogP contribution in [-0.2, 0) is 16.1 Å². The second kappa shape index (κ2) is 6.53. The Kier molecular flexibility index (Phi) is 5.33. The van der Waals surface area contributed by atoms with E-state index in [1.54, 1.807) is 19.3 Å². The minimum Gasteiger partial charge on any atom is -0.480 e. The zero-order valence-electron chi connectivity index (χ0n) is 10.3. The Bertz CT molecular complexity index is 433. The molecule has 0 aliphatic carbocycles. The van der Waals surface area contributed by atoms with Gasteiger partial charge >= 0.3 is 5.97 Å². The Morgan fingerprint density at radius 3 is 2.72 bits per heavy atom. The van der Waals surface area contributed by atoms with Crippen LogP contribution in [-0.4, -0.2) is 32.8 Å². The van der Waals surface area contributed by atoms with Gasteiger partial charge in [0, 0.05) is 6.20 Å². The molecule has 100 valence electrons. The highest BCUT2D eigenvalue weighted by Gasteiger charge is 2.25. The van der Waals surface area contributed by atoms with Gasteiger partial charge in [0.2, 0.25) is 5.91 Å². The van der Waals surface area contributed by atoms with Gasteiger partial charge in [-0.3, -0.25) is 9.48 Å². The van der Waals surface area contributed by atoms with Gasteiger partial charge in [0.15, 0.2) is 0 Å². The third-order valence-electron chi connectivity index (χ3n) is 2.70. The molecule has 0 radical (unpaired) electrons. The fourth-order valence-corrected chi connectivity index (χ4v) is 1.80. The van der Waals surface area contributed by atoms with Crippen molar-refractivity contribution in [1.82, 2.24) is 15.1 Å². The van der Waals surface area contributed by atoms with Crippen molar-refractivity contribution in [2.24, 2.45) is 5.92 Å². The predicted octanol–water partition coefficient (Wildman–Crippen LogP) is 1.26. The molecule has 0 unspecified atom stereocenters. The van der Waals surface area contributed by atoms with E-state index >= 15 is 0 Å². The van der Waals surface area contributed by atoms with E-state index in [0.29, 0.717) is 6.42 Å². The molecule has 18 heavy (non-hydrogen) atoms. The van der Waals surface area contributed by atoms with E-state index in [4.69, 9.17) is 5.11 Å². The normalized spacial score (nSPS) is 13.9. The van der Waals surface area contributed by atoms with Crippen LogP contribution in [0, 0.1) is 5.92 Å². The first-order valence-electron chi connectivity index (χ1n) is 5.64. The molecule has 6 nitrogen and oxygen atoms in total. The lowest BCUT2D eigenvalue weighted by Gasteiger charge is -2.20. The number of aromatic nitrogens is 2. The fraction of sp³-hybridized carbons (Fsp3) is 0.545. The van der Waals surface area contributed by atoms with Crippen LogP contribution in [0.5, 0.6) is 0 Å². The molecule has 0 bridgehead atoms. The molecular weight excluding hydrogens is 302 g/mol. The van der Waals surface area contributed by atoms with Crippen molar-refractivity contribution in [2.45, 2.75) is 32.9 Å². The molecule has 0 saturated carbocycles. The van der Waals surface area contributed by atoms with Crippen LogP contribution in [0.25, 0.3) is 0 Å². The minimum atomic E-state index is -1.01. The van der Waals surface area contributed by atoms with Crippen LogP contribution in [0.3, 0.4) is 0 Å². The molecule has 0 aliphatic rings. The number of carbonyl (C=O) groups is 2. The van der Waals surface area contributed by atoms with Gasteiger partial charge in [-0.15, -0.1) is 0 Å². The van der Waals surface area contributed by atoms with Gasteiger partial charge in [-0.05, 0) is 21.8 Å². The zero-order valence-corrected chi connectivity index (χ0v) is 11.8. The van der Waals surface area contributed by atoms with Crippen LogP contribution >= 0.6 is 15.9 Å². The molecule has 1 heterocycles. The van der Waals surface area contributed by atoms with Gasteiger partial charge in [0.25, 0.3) is 0 Å². The number of halogens is 1. The third-order valence-corrected chi connectivity index (χ3v) is 3.11. The number of aliphatic carboxylic acids is 1. The first kappa shape index (κ1) is 14.7. The number of carboxylic acids is 1. The van der Waals surface area contributed by atoms with Gasteiger partial charge in [0.1, 0.15) is 12.6 Å². The van der Waals surface area contributed by atoms with E-state index in [2.05, 4.69) is 26.3 Å². The summed E-state index contributed by atoms with van der Waals surface area (Å²) in [5.74, 6) is -1.49. The lowest BCUT2D eigenvalue weighted by atomic mass is 9.99. The maximum absolute atomic E-state index is 11.7. The van der Waals surface area contributed by atoms with Gasteiger partial charge in [-0.1, -0.05) is 20.3 Å². The summed E-state index contributed by atoms with van der Waals surface area (Å²) < 4.78 is 2.21. The van der Waals surface area contributed by atoms with Crippen molar-refractivity contribution in [3.05, 3.63) is 16.9 Å². The lowest BCUT2D eigenvalue weighted by molar-refractivity contribution is -0.143. The Morgan fingerprint density at radius 1 is 1.61 bits per heavy atom. The van der Waals surface area contributed by atoms with Crippen LogP contribution in [0.2, 0.25) is 0 Å². The smallest absolute Gasteiger partial charge is 0.326 e. The van der Waals surface area contributed by atoms with Crippen LogP contribution in [0.15, 0.2) is 16.9 Å². The monoisotopic (exact) mass is 317 g/mol. The Balaban J connectivity index is 2.59. The molecule has 1 aromatic rings. The lowest BCUT2D eigenvalue weighted by Crippen LogP contribution is -2.46. The number of hydrogen-bond acceptors (Lipinski definition) is 3. The van der Waals surface area contributed by atoms with Gasteiger partial charge in [-0.2, -0.15) is 5.10 Å². The highest BCUT2D eigenvalue weighted by molar-refractivity contribution is 9.10. The number of amides is 1. The van der Waals surface area contributed by atoms with E-state index in [1.807, 2.05) is 6.92 Å². The highest BCUT2D eigenvalue weighted by atomic mass is 79.9. The van der Waals surface area contributed by atoms with Gasteiger partial charge in [-0.25, -0.2) is 4.79 Å². The summed E-state index contributed by atoms with van der Waals surface area (Å²) in [6.45, 7) is 3.69. The summed E-state index contributed by atoms with van der Waals surface area (Å²) in [5.41, 5.74) is 0. The van der Waals surface area contributed by atoms with E-state index < -0.39 is 12.0 Å². The summed E-state index contributed by atoms with van der Waals surface area (Å²) in [5, 5.41) is 15.5. The first-order chi connectivity index (χ1) is 8.43. The van der Waals surface area contributed by atoms with Gasteiger partial charge in [0.05, 0.1) is 10.7 Å². The van der Waals surface area contributed by atoms with Crippen molar-refractivity contribution in [3.63, 3.8) is 0 Å². The molecule has 0 spiro atoms. The third kappa shape index (κ3) is 4.14. The van der Waals surface area contributed by atoms with E-state index in [9.17, 15) is 9.59 Å². The Labute approximate surface area is 113 Å². The quantitative estimate of drug-likeness (QED) is 0.827. The maximum Gasteiger partial charge on any atom is 0.326 e. The molecule has 0 aliphatic heterocycles. The number of rotatable bonds is 6. The average molecular weight is 318 g/mol. The second-order valence-corrected chi connectivity index (χ2v) is 5.04. The second-order valence-electron chi connectivity index (χ2n) is 4.13. The average Bonchev–Trinajstić information content (AvgIpc) is 2.70. The van der Waals surface area contributed by atoms with Crippen LogP contribution in [0.4, 0.5) is 0 Å². The maximum atomic E-state index is 11.7. The molecule has 1 amide bonds. The molecule has 2 atom stereocenters. The largest absolute Gasteiger partial charge is 0.480 e. The van der Waals surface area contributed by atoms with Crippen molar-refractivity contribution >= 4 is 27.8 Å². The number of carbonyl (C=O) groups excluding carboxylic acids is 1. The topological polar surface area (TPSA) is 84.2 Å². The van der Waals surface area contributed by atoms with Gasteiger partial charge < -0.3 is 10.4 Å². The predicted molar refractivity (Wildman–Crippen MR) is 68.9 cm³/mol. The molecule has 0 aromatic carbocycles. The van der Waals surface area contributed by atoms with E-state index in [1.165, 1.54) is 4.68 Å². The van der Waals surface area contributed by atoms with Crippen LogP contribution in [0.1, 0.15) is 20.3 Å². The summed E-state index contributed by atoms with van der Waals surface area (Å²) in [7, 11) is 0.